The van der Waals surface area contributed by atoms with E-state index >= 15 is 0 Å². The van der Waals surface area contributed by atoms with Crippen molar-refractivity contribution in [1.82, 2.24) is 4.90 Å². The summed E-state index contributed by atoms with van der Waals surface area (Å²) in [5.74, 6) is 0. The lowest BCUT2D eigenvalue weighted by Crippen LogP contribution is -2.54. The van der Waals surface area contributed by atoms with Gasteiger partial charge in [-0.05, 0) is 25.2 Å². The van der Waals surface area contributed by atoms with Crippen LogP contribution in [0.4, 0.5) is 0 Å². The highest BCUT2D eigenvalue weighted by Gasteiger charge is 2.52. The molecule has 2 aliphatic rings. The second-order valence-corrected chi connectivity index (χ2v) is 5.38. The van der Waals surface area contributed by atoms with E-state index in [0.29, 0.717) is 12.0 Å². The molecule has 0 aromatic heterocycles. The molecule has 1 aliphatic heterocycles. The summed E-state index contributed by atoms with van der Waals surface area (Å²) in [6, 6.07) is 0. The van der Waals surface area contributed by atoms with E-state index in [4.69, 9.17) is 4.74 Å². The Hall–Kier alpha value is -0.120. The standard InChI is InChI=1S/C11H21NO2/c1-10(13,5-6-14-2)7-12-8-11(9-12)3-4-11/h13H,3-9H2,1-2H3. The zero-order chi connectivity index (χ0) is 10.2. The van der Waals surface area contributed by atoms with E-state index in [2.05, 4.69) is 4.90 Å². The van der Waals surface area contributed by atoms with E-state index in [1.165, 1.54) is 25.9 Å². The zero-order valence-corrected chi connectivity index (χ0v) is 9.25. The SMILES string of the molecule is COCCC(C)(O)CN1CC2(CC2)C1. The van der Waals surface area contributed by atoms with Crippen molar-refractivity contribution in [3.8, 4) is 0 Å². The van der Waals surface area contributed by atoms with Crippen LogP contribution in [0.2, 0.25) is 0 Å². The van der Waals surface area contributed by atoms with Crippen LogP contribution in [0.5, 0.6) is 0 Å². The summed E-state index contributed by atoms with van der Waals surface area (Å²) in [6.07, 6.45) is 3.54. The molecule has 2 rings (SSSR count). The van der Waals surface area contributed by atoms with Gasteiger partial charge < -0.3 is 9.84 Å². The van der Waals surface area contributed by atoms with Gasteiger partial charge in [0, 0.05) is 39.8 Å². The minimum absolute atomic E-state index is 0.577. The van der Waals surface area contributed by atoms with Crippen LogP contribution in [0, 0.1) is 5.41 Å². The molecule has 1 saturated carbocycles. The van der Waals surface area contributed by atoms with Gasteiger partial charge in [0.25, 0.3) is 0 Å². The summed E-state index contributed by atoms with van der Waals surface area (Å²) in [5.41, 5.74) is 0.115. The lowest BCUT2D eigenvalue weighted by atomic mass is 9.93. The van der Waals surface area contributed by atoms with Crippen LogP contribution in [-0.4, -0.2) is 49.0 Å². The molecule has 2 fully saturated rings. The molecule has 0 aromatic carbocycles. The Kier molecular flexibility index (Phi) is 2.58. The molecule has 3 heteroatoms. The first-order chi connectivity index (χ1) is 6.55. The average Bonchev–Trinajstić information content (AvgIpc) is 2.79. The first-order valence-corrected chi connectivity index (χ1v) is 5.49. The molecule has 1 unspecified atom stereocenters. The third-order valence-corrected chi connectivity index (χ3v) is 3.48. The third-order valence-electron chi connectivity index (χ3n) is 3.48. The molecule has 1 spiro atoms. The number of likely N-dealkylation sites (tertiary alicyclic amines) is 1. The molecule has 1 N–H and O–H groups in total. The van der Waals surface area contributed by atoms with Crippen molar-refractivity contribution in [3.63, 3.8) is 0 Å². The van der Waals surface area contributed by atoms with Gasteiger partial charge >= 0.3 is 0 Å². The number of hydrogen-bond acceptors (Lipinski definition) is 3. The van der Waals surface area contributed by atoms with Crippen molar-refractivity contribution in [2.45, 2.75) is 31.8 Å². The summed E-state index contributed by atoms with van der Waals surface area (Å²) in [7, 11) is 1.68. The van der Waals surface area contributed by atoms with E-state index in [0.717, 1.165) is 13.0 Å². The number of methoxy groups -OCH3 is 1. The Bertz CT molecular complexity index is 203. The van der Waals surface area contributed by atoms with Crippen molar-refractivity contribution in [2.24, 2.45) is 5.41 Å². The maximum Gasteiger partial charge on any atom is 0.0768 e. The highest BCUT2D eigenvalue weighted by atomic mass is 16.5. The third kappa shape index (κ3) is 2.27. The highest BCUT2D eigenvalue weighted by Crippen LogP contribution is 2.52. The van der Waals surface area contributed by atoms with Gasteiger partial charge in [0.1, 0.15) is 0 Å². The lowest BCUT2D eigenvalue weighted by molar-refractivity contribution is -0.0411. The van der Waals surface area contributed by atoms with Crippen LogP contribution in [0.1, 0.15) is 26.2 Å². The fraction of sp³-hybridized carbons (Fsp3) is 1.00. The summed E-state index contributed by atoms with van der Waals surface area (Å²) in [5, 5.41) is 10.0. The number of rotatable bonds is 5. The summed E-state index contributed by atoms with van der Waals surface area (Å²) in [6.45, 7) is 5.76. The summed E-state index contributed by atoms with van der Waals surface area (Å²) < 4.78 is 4.99. The predicted octanol–water partition coefficient (Wildman–Crippen LogP) is 0.870. The molecule has 1 atom stereocenters. The van der Waals surface area contributed by atoms with E-state index in [1.807, 2.05) is 6.92 Å². The van der Waals surface area contributed by atoms with Gasteiger partial charge in [0.15, 0.2) is 0 Å². The number of β-amino-alcohol motifs (C(OH)–C–C–N with tert-alkyl or cyclic N) is 1. The fourth-order valence-corrected chi connectivity index (χ4v) is 2.39. The molecule has 3 nitrogen and oxygen atoms in total. The Balaban J connectivity index is 1.68. The molecular formula is C11H21NO2. The maximum absolute atomic E-state index is 10.0. The first-order valence-electron chi connectivity index (χ1n) is 5.49. The number of aliphatic hydroxyl groups is 1. The van der Waals surface area contributed by atoms with Crippen molar-refractivity contribution in [2.75, 3.05) is 33.4 Å². The predicted molar refractivity (Wildman–Crippen MR) is 55.2 cm³/mol. The monoisotopic (exact) mass is 199 g/mol. The van der Waals surface area contributed by atoms with Crippen LogP contribution in [-0.2, 0) is 4.74 Å². The van der Waals surface area contributed by atoms with Crippen molar-refractivity contribution in [3.05, 3.63) is 0 Å². The average molecular weight is 199 g/mol. The Morgan fingerprint density at radius 3 is 2.57 bits per heavy atom. The number of nitrogens with zero attached hydrogens (tertiary/aromatic N) is 1. The largest absolute Gasteiger partial charge is 0.389 e. The van der Waals surface area contributed by atoms with E-state index in [9.17, 15) is 5.11 Å². The smallest absolute Gasteiger partial charge is 0.0768 e. The Labute approximate surface area is 86.0 Å². The molecule has 0 radical (unpaired) electrons. The quantitative estimate of drug-likeness (QED) is 0.713. The van der Waals surface area contributed by atoms with Crippen molar-refractivity contribution in [1.29, 1.82) is 0 Å². The Morgan fingerprint density at radius 2 is 2.07 bits per heavy atom. The van der Waals surface area contributed by atoms with Crippen LogP contribution in [0.3, 0.4) is 0 Å². The number of hydrogen-bond donors (Lipinski definition) is 1. The van der Waals surface area contributed by atoms with Gasteiger partial charge in [0.2, 0.25) is 0 Å². The molecular weight excluding hydrogens is 178 g/mol. The van der Waals surface area contributed by atoms with Crippen LogP contribution >= 0.6 is 0 Å². The van der Waals surface area contributed by atoms with Crippen molar-refractivity contribution >= 4 is 0 Å². The zero-order valence-electron chi connectivity index (χ0n) is 9.25. The molecule has 0 bridgehead atoms. The normalized spacial score (nSPS) is 28.5. The topological polar surface area (TPSA) is 32.7 Å². The van der Waals surface area contributed by atoms with E-state index in [1.54, 1.807) is 7.11 Å². The first kappa shape index (κ1) is 10.4. The minimum atomic E-state index is -0.577. The molecule has 0 aromatic rings. The summed E-state index contributed by atoms with van der Waals surface area (Å²) >= 11 is 0. The van der Waals surface area contributed by atoms with Gasteiger partial charge in [-0.3, -0.25) is 4.90 Å². The van der Waals surface area contributed by atoms with Crippen LogP contribution in [0.25, 0.3) is 0 Å². The van der Waals surface area contributed by atoms with E-state index in [-0.39, 0.29) is 0 Å². The van der Waals surface area contributed by atoms with Crippen LogP contribution < -0.4 is 0 Å². The summed E-state index contributed by atoms with van der Waals surface area (Å²) in [4.78, 5) is 2.36. The number of ether oxygens (including phenoxy) is 1. The molecule has 1 heterocycles. The maximum atomic E-state index is 10.0. The molecule has 1 saturated heterocycles. The van der Waals surface area contributed by atoms with Gasteiger partial charge in [-0.25, -0.2) is 0 Å². The van der Waals surface area contributed by atoms with Gasteiger partial charge in [0.05, 0.1) is 5.60 Å². The molecule has 14 heavy (non-hydrogen) atoms. The highest BCUT2D eigenvalue weighted by molar-refractivity contribution is 5.06. The van der Waals surface area contributed by atoms with Gasteiger partial charge in [-0.2, -0.15) is 0 Å². The van der Waals surface area contributed by atoms with Gasteiger partial charge in [-0.15, -0.1) is 0 Å². The molecule has 82 valence electrons. The second-order valence-electron chi connectivity index (χ2n) is 5.38. The minimum Gasteiger partial charge on any atom is -0.389 e. The lowest BCUT2D eigenvalue weighted by Gasteiger charge is -2.43. The van der Waals surface area contributed by atoms with E-state index < -0.39 is 5.60 Å². The second kappa shape index (κ2) is 3.47. The molecule has 1 aliphatic carbocycles. The Morgan fingerprint density at radius 1 is 1.43 bits per heavy atom. The molecule has 0 amide bonds. The fourth-order valence-electron chi connectivity index (χ4n) is 2.39. The van der Waals surface area contributed by atoms with Crippen LogP contribution in [0.15, 0.2) is 0 Å². The van der Waals surface area contributed by atoms with Crippen molar-refractivity contribution < 1.29 is 9.84 Å². The van der Waals surface area contributed by atoms with Gasteiger partial charge in [-0.1, -0.05) is 0 Å².